The molecule has 0 fully saturated rings. The second kappa shape index (κ2) is 7.90. The summed E-state index contributed by atoms with van der Waals surface area (Å²) in [6.07, 6.45) is 3.98. The third kappa shape index (κ3) is 3.16. The number of carbonyl (C=O) groups is 2. The Kier molecular flexibility index (Phi) is 4.83. The predicted octanol–water partition coefficient (Wildman–Crippen LogP) is 6.42. The van der Waals surface area contributed by atoms with Crippen LogP contribution in [0.5, 0.6) is 0 Å². The van der Waals surface area contributed by atoms with Gasteiger partial charge in [0.1, 0.15) is 0 Å². The van der Waals surface area contributed by atoms with Crippen LogP contribution in [0.15, 0.2) is 70.1 Å². The maximum Gasteiger partial charge on any atom is 0.258 e. The lowest BCUT2D eigenvalue weighted by Crippen LogP contribution is -2.03. The van der Waals surface area contributed by atoms with Gasteiger partial charge in [-0.25, -0.2) is 4.98 Å². The van der Waals surface area contributed by atoms with Crippen molar-refractivity contribution in [1.29, 1.82) is 0 Å². The van der Waals surface area contributed by atoms with Gasteiger partial charge in [-0.2, -0.15) is 4.98 Å². The highest BCUT2D eigenvalue weighted by molar-refractivity contribution is 7.12. The first kappa shape index (κ1) is 20.8. The summed E-state index contributed by atoms with van der Waals surface area (Å²) in [5, 5.41) is 3.03. The standard InChI is InChI=1S/C26H16ClN3O3S/c1-2-14-10-17-18(13-20(14)27)23(32)19(22(17)31)11-16-12-21-24(30(16)15-6-4-3-5-7-15)29-25(33-21)26-28-8-9-34-26/h3-13H,2H2,1H3/b19-11+. The van der Waals surface area contributed by atoms with E-state index in [0.717, 1.165) is 11.3 Å². The Morgan fingerprint density at radius 1 is 1.09 bits per heavy atom. The Morgan fingerprint density at radius 3 is 2.56 bits per heavy atom. The molecule has 0 N–H and O–H groups in total. The van der Waals surface area contributed by atoms with E-state index in [2.05, 4.69) is 9.97 Å². The lowest BCUT2D eigenvalue weighted by molar-refractivity contribution is 0.0990. The summed E-state index contributed by atoms with van der Waals surface area (Å²) in [5.74, 6) is -0.218. The SMILES string of the molecule is CCc1cc2c(cc1Cl)C(=O)/C(=C/c1cc3oc(-c4nccs4)nc3n1-c1ccccc1)C2=O. The van der Waals surface area contributed by atoms with E-state index in [-0.39, 0.29) is 17.1 Å². The Labute approximate surface area is 203 Å². The maximum atomic E-state index is 13.2. The molecule has 0 radical (unpaired) electrons. The van der Waals surface area contributed by atoms with Crippen molar-refractivity contribution in [3.63, 3.8) is 0 Å². The summed E-state index contributed by atoms with van der Waals surface area (Å²) in [4.78, 5) is 35.3. The molecule has 2 aromatic carbocycles. The normalized spacial score (nSPS) is 14.5. The molecular formula is C26H16ClN3O3S. The molecule has 1 aliphatic carbocycles. The molecule has 0 bridgehead atoms. The highest BCUT2D eigenvalue weighted by Crippen LogP contribution is 2.35. The molecule has 6 rings (SSSR count). The van der Waals surface area contributed by atoms with Crippen LogP contribution in [-0.4, -0.2) is 26.1 Å². The van der Waals surface area contributed by atoms with Gasteiger partial charge < -0.3 is 4.42 Å². The number of hydrogen-bond donors (Lipinski definition) is 0. The molecule has 3 heterocycles. The van der Waals surface area contributed by atoms with Crippen LogP contribution < -0.4 is 0 Å². The highest BCUT2D eigenvalue weighted by Gasteiger charge is 2.34. The molecule has 6 nitrogen and oxygen atoms in total. The smallest absolute Gasteiger partial charge is 0.258 e. The van der Waals surface area contributed by atoms with E-state index < -0.39 is 0 Å². The number of Topliss-reactive ketones (excluding diaryl/α,β-unsaturated/α-hetero) is 2. The summed E-state index contributed by atoms with van der Waals surface area (Å²) in [7, 11) is 0. The number of ketones is 2. The van der Waals surface area contributed by atoms with Gasteiger partial charge in [0.05, 0.1) is 11.3 Å². The van der Waals surface area contributed by atoms with Crippen molar-refractivity contribution in [2.45, 2.75) is 13.3 Å². The zero-order valence-corrected chi connectivity index (χ0v) is 19.5. The fourth-order valence-electron chi connectivity index (χ4n) is 4.21. The maximum absolute atomic E-state index is 13.2. The topological polar surface area (TPSA) is 78.0 Å². The van der Waals surface area contributed by atoms with Crippen molar-refractivity contribution in [2.24, 2.45) is 0 Å². The number of carbonyl (C=O) groups excluding carboxylic acids is 2. The van der Waals surface area contributed by atoms with Gasteiger partial charge in [-0.3, -0.25) is 14.2 Å². The van der Waals surface area contributed by atoms with Crippen LogP contribution in [-0.2, 0) is 6.42 Å². The van der Waals surface area contributed by atoms with E-state index >= 15 is 0 Å². The number of allylic oxidation sites excluding steroid dienone is 1. The van der Waals surface area contributed by atoms with E-state index in [1.807, 2.05) is 47.2 Å². The van der Waals surface area contributed by atoms with Gasteiger partial charge in [0.15, 0.2) is 27.8 Å². The van der Waals surface area contributed by atoms with Crippen molar-refractivity contribution in [2.75, 3.05) is 0 Å². The molecule has 3 aromatic heterocycles. The molecule has 0 unspecified atom stereocenters. The van der Waals surface area contributed by atoms with Crippen LogP contribution in [0.25, 0.3) is 33.9 Å². The van der Waals surface area contributed by atoms with Crippen LogP contribution in [0.4, 0.5) is 0 Å². The molecule has 0 spiro atoms. The first-order valence-corrected chi connectivity index (χ1v) is 11.9. The Hall–Kier alpha value is -3.81. The lowest BCUT2D eigenvalue weighted by atomic mass is 10.0. The number of oxazole rings is 1. The molecule has 0 amide bonds. The number of benzene rings is 2. The average Bonchev–Trinajstić information content (AvgIpc) is 3.61. The van der Waals surface area contributed by atoms with Crippen LogP contribution >= 0.6 is 22.9 Å². The zero-order chi connectivity index (χ0) is 23.4. The molecular weight excluding hydrogens is 470 g/mol. The van der Waals surface area contributed by atoms with Crippen molar-refractivity contribution >= 4 is 51.8 Å². The summed E-state index contributed by atoms with van der Waals surface area (Å²) in [6.45, 7) is 1.96. The first-order valence-electron chi connectivity index (χ1n) is 10.7. The molecule has 0 saturated carbocycles. The van der Waals surface area contributed by atoms with Crippen molar-refractivity contribution in [3.05, 3.63) is 93.1 Å². The van der Waals surface area contributed by atoms with E-state index in [1.54, 1.807) is 30.5 Å². The van der Waals surface area contributed by atoms with Crippen LogP contribution in [0.3, 0.4) is 0 Å². The second-order valence-corrected chi connectivity index (χ2v) is 9.15. The number of fused-ring (bicyclic) bond motifs is 2. The number of para-hydroxylation sites is 1. The summed E-state index contributed by atoms with van der Waals surface area (Å²) >= 11 is 7.75. The predicted molar refractivity (Wildman–Crippen MR) is 132 cm³/mol. The number of aromatic nitrogens is 3. The zero-order valence-electron chi connectivity index (χ0n) is 17.9. The quantitative estimate of drug-likeness (QED) is 0.217. The third-order valence-corrected chi connectivity index (χ3v) is 6.96. The van der Waals surface area contributed by atoms with Gasteiger partial charge in [0.2, 0.25) is 0 Å². The highest BCUT2D eigenvalue weighted by atomic mass is 35.5. The van der Waals surface area contributed by atoms with Gasteiger partial charge in [-0.1, -0.05) is 36.7 Å². The fraction of sp³-hybridized carbons (Fsp3) is 0.0769. The van der Waals surface area contributed by atoms with Gasteiger partial charge in [0, 0.05) is 39.5 Å². The van der Waals surface area contributed by atoms with Gasteiger partial charge >= 0.3 is 0 Å². The second-order valence-electron chi connectivity index (χ2n) is 7.84. The molecule has 34 heavy (non-hydrogen) atoms. The van der Waals surface area contributed by atoms with E-state index in [9.17, 15) is 9.59 Å². The molecule has 166 valence electrons. The van der Waals surface area contributed by atoms with E-state index in [0.29, 0.717) is 50.4 Å². The molecule has 5 aromatic rings. The Bertz CT molecular complexity index is 1630. The summed E-state index contributed by atoms with van der Waals surface area (Å²) in [5.41, 5.74) is 4.22. The number of aryl methyl sites for hydroxylation is 1. The monoisotopic (exact) mass is 485 g/mol. The van der Waals surface area contributed by atoms with E-state index in [4.69, 9.17) is 16.0 Å². The number of rotatable bonds is 4. The number of hydrogen-bond acceptors (Lipinski definition) is 6. The fourth-order valence-corrected chi connectivity index (χ4v) is 5.07. The lowest BCUT2D eigenvalue weighted by Gasteiger charge is -2.07. The van der Waals surface area contributed by atoms with Crippen molar-refractivity contribution in [3.8, 4) is 16.6 Å². The van der Waals surface area contributed by atoms with Crippen molar-refractivity contribution in [1.82, 2.24) is 14.5 Å². The number of halogens is 1. The largest absolute Gasteiger partial charge is 0.432 e. The van der Waals surface area contributed by atoms with Crippen LogP contribution in [0, 0.1) is 0 Å². The van der Waals surface area contributed by atoms with E-state index in [1.165, 1.54) is 11.3 Å². The Morgan fingerprint density at radius 2 is 1.85 bits per heavy atom. The minimum Gasteiger partial charge on any atom is -0.432 e. The summed E-state index contributed by atoms with van der Waals surface area (Å²) in [6, 6.07) is 14.7. The molecule has 0 aliphatic heterocycles. The van der Waals surface area contributed by atoms with Gasteiger partial charge in [-0.15, -0.1) is 11.3 Å². The van der Waals surface area contributed by atoms with Gasteiger partial charge in [-0.05, 0) is 42.3 Å². The van der Waals surface area contributed by atoms with Crippen molar-refractivity contribution < 1.29 is 14.0 Å². The minimum atomic E-state index is -0.335. The molecule has 0 saturated heterocycles. The van der Waals surface area contributed by atoms with Crippen LogP contribution in [0.2, 0.25) is 5.02 Å². The third-order valence-electron chi connectivity index (χ3n) is 5.85. The average molecular weight is 486 g/mol. The number of thiazole rings is 1. The van der Waals surface area contributed by atoms with Gasteiger partial charge in [0.25, 0.3) is 5.89 Å². The number of nitrogens with zero attached hydrogens (tertiary/aromatic N) is 3. The molecule has 1 aliphatic rings. The van der Waals surface area contributed by atoms with Crippen LogP contribution in [0.1, 0.15) is 38.9 Å². The minimum absolute atomic E-state index is 0.0943. The Balaban J connectivity index is 1.53. The first-order chi connectivity index (χ1) is 16.5. The summed E-state index contributed by atoms with van der Waals surface area (Å²) < 4.78 is 7.85. The molecule has 0 atom stereocenters. The molecule has 8 heteroatoms.